The molecule has 2 N–H and O–H groups in total. The number of nitrogens with zero attached hydrogens (tertiary/aromatic N) is 3. The fourth-order valence-electron chi connectivity index (χ4n) is 6.15. The maximum absolute atomic E-state index is 12.7. The minimum Gasteiger partial charge on any atom is -0.481 e. The minimum atomic E-state index is -0.776. The largest absolute Gasteiger partial charge is 0.481 e. The molecular weight excluding hydrogens is 484 g/mol. The van der Waals surface area contributed by atoms with Crippen LogP contribution in [-0.4, -0.2) is 45.8 Å². The van der Waals surface area contributed by atoms with E-state index in [-0.39, 0.29) is 18.0 Å². The Balaban J connectivity index is 1.74. The van der Waals surface area contributed by atoms with Gasteiger partial charge in [-0.1, -0.05) is 36.8 Å². The Bertz CT molecular complexity index is 1370. The van der Waals surface area contributed by atoms with Gasteiger partial charge in [-0.05, 0) is 56.7 Å². The number of benzene rings is 2. The molecule has 3 aromatic rings. The van der Waals surface area contributed by atoms with Gasteiger partial charge in [0.25, 0.3) is 0 Å². The van der Waals surface area contributed by atoms with E-state index in [1.807, 2.05) is 49.4 Å². The van der Waals surface area contributed by atoms with Crippen LogP contribution in [0.3, 0.4) is 0 Å². The molecule has 0 bridgehead atoms. The molecule has 1 aliphatic heterocycles. The van der Waals surface area contributed by atoms with E-state index in [9.17, 15) is 19.5 Å². The van der Waals surface area contributed by atoms with E-state index in [4.69, 9.17) is 9.72 Å². The SMILES string of the molecule is COC(=O)N1c2ccc3c(nc([C@H](NC(C)=O)c4ccccc4)n3[C@@H]3CCC[C@@H](C(=O)O)C3)c2CCC1C. The molecule has 5 rings (SSSR count). The number of carbonyl (C=O) groups is 3. The Morgan fingerprint density at radius 3 is 2.55 bits per heavy atom. The highest BCUT2D eigenvalue weighted by atomic mass is 16.5. The van der Waals surface area contributed by atoms with E-state index >= 15 is 0 Å². The number of aromatic nitrogens is 2. The predicted octanol–water partition coefficient (Wildman–Crippen LogP) is 4.99. The van der Waals surface area contributed by atoms with Crippen molar-refractivity contribution in [3.05, 3.63) is 59.4 Å². The average Bonchev–Trinajstić information content (AvgIpc) is 3.31. The summed E-state index contributed by atoms with van der Waals surface area (Å²) >= 11 is 0. The van der Waals surface area contributed by atoms with Gasteiger partial charge in [-0.25, -0.2) is 9.78 Å². The number of carboxylic acid groups (broad SMARTS) is 1. The van der Waals surface area contributed by atoms with E-state index in [0.717, 1.165) is 53.5 Å². The topological polar surface area (TPSA) is 114 Å². The van der Waals surface area contributed by atoms with Crippen molar-refractivity contribution < 1.29 is 24.2 Å². The summed E-state index contributed by atoms with van der Waals surface area (Å²) in [6.07, 6.45) is 3.88. The van der Waals surface area contributed by atoms with Crippen molar-refractivity contribution in [2.75, 3.05) is 12.0 Å². The first-order valence-corrected chi connectivity index (χ1v) is 13.3. The first kappa shape index (κ1) is 25.8. The number of rotatable bonds is 5. The molecule has 1 saturated carbocycles. The summed E-state index contributed by atoms with van der Waals surface area (Å²) in [5.41, 5.74) is 4.30. The number of ether oxygens (including phenoxy) is 1. The number of amides is 2. The summed E-state index contributed by atoms with van der Waals surface area (Å²) in [5.74, 6) is -0.711. The first-order valence-electron chi connectivity index (χ1n) is 13.3. The van der Waals surface area contributed by atoms with Crippen LogP contribution in [0, 0.1) is 5.92 Å². The van der Waals surface area contributed by atoms with Crippen LogP contribution in [0.15, 0.2) is 42.5 Å². The Hall–Kier alpha value is -3.88. The van der Waals surface area contributed by atoms with Crippen LogP contribution in [-0.2, 0) is 20.7 Å². The third-order valence-electron chi connectivity index (χ3n) is 7.95. The summed E-state index contributed by atoms with van der Waals surface area (Å²) in [6.45, 7) is 3.49. The zero-order valence-corrected chi connectivity index (χ0v) is 22.0. The second-order valence-corrected chi connectivity index (χ2v) is 10.4. The summed E-state index contributed by atoms with van der Waals surface area (Å²) in [7, 11) is 1.38. The number of nitrogens with one attached hydrogen (secondary N) is 1. The summed E-state index contributed by atoms with van der Waals surface area (Å²) in [6, 6.07) is 13.0. The maximum atomic E-state index is 12.7. The van der Waals surface area contributed by atoms with E-state index < -0.39 is 24.0 Å². The molecule has 0 saturated heterocycles. The number of hydrogen-bond acceptors (Lipinski definition) is 5. The summed E-state index contributed by atoms with van der Waals surface area (Å²) in [4.78, 5) is 43.9. The van der Waals surface area contributed by atoms with Crippen molar-refractivity contribution in [3.8, 4) is 0 Å². The standard InChI is InChI=1S/C29H34N4O5/c1-17-12-13-22-23(32(17)29(37)38-3)14-15-24-26(22)31-27(25(30-18(2)34)19-8-5-4-6-9-19)33(24)21-11-7-10-20(16-21)28(35)36/h4-6,8-9,14-15,17,20-21,25H,7,10-13,16H2,1-3H3,(H,30,34)(H,35,36)/t17?,20-,21-,25-/m1/s1. The number of carbonyl (C=O) groups excluding carboxylic acids is 2. The van der Waals surface area contributed by atoms with E-state index in [1.165, 1.54) is 14.0 Å². The van der Waals surface area contributed by atoms with Crippen LogP contribution in [0.5, 0.6) is 0 Å². The fraction of sp³-hybridized carbons (Fsp3) is 0.448. The lowest BCUT2D eigenvalue weighted by Gasteiger charge is -2.34. The van der Waals surface area contributed by atoms with Gasteiger partial charge in [0.1, 0.15) is 11.9 Å². The number of anilines is 1. The molecule has 2 heterocycles. The predicted molar refractivity (Wildman–Crippen MR) is 143 cm³/mol. The molecule has 2 amide bonds. The van der Waals surface area contributed by atoms with Crippen molar-refractivity contribution >= 4 is 34.7 Å². The van der Waals surface area contributed by atoms with Crippen LogP contribution < -0.4 is 10.2 Å². The van der Waals surface area contributed by atoms with E-state index in [0.29, 0.717) is 18.7 Å². The average molecular weight is 519 g/mol. The zero-order valence-electron chi connectivity index (χ0n) is 22.0. The first-order chi connectivity index (χ1) is 18.3. The normalized spacial score (nSPS) is 22.0. The molecule has 200 valence electrons. The second kappa shape index (κ2) is 10.5. The number of hydrogen-bond donors (Lipinski definition) is 2. The summed E-state index contributed by atoms with van der Waals surface area (Å²) in [5, 5.41) is 12.9. The monoisotopic (exact) mass is 518 g/mol. The quantitative estimate of drug-likeness (QED) is 0.492. The van der Waals surface area contributed by atoms with E-state index in [1.54, 1.807) is 4.90 Å². The number of aryl methyl sites for hydroxylation is 1. The van der Waals surface area contributed by atoms with Gasteiger partial charge < -0.3 is 19.7 Å². The third-order valence-corrected chi connectivity index (χ3v) is 7.95. The molecule has 0 spiro atoms. The van der Waals surface area contributed by atoms with Gasteiger partial charge in [-0.2, -0.15) is 0 Å². The van der Waals surface area contributed by atoms with Gasteiger partial charge in [0.2, 0.25) is 5.91 Å². The second-order valence-electron chi connectivity index (χ2n) is 10.4. The number of imidazole rings is 1. The number of aliphatic carboxylic acids is 1. The molecule has 4 atom stereocenters. The molecule has 1 fully saturated rings. The Labute approximate surface area is 221 Å². The minimum absolute atomic E-state index is 0.0138. The van der Waals surface area contributed by atoms with Gasteiger partial charge in [-0.15, -0.1) is 0 Å². The van der Waals surface area contributed by atoms with Gasteiger partial charge in [0, 0.05) is 24.6 Å². The van der Waals surface area contributed by atoms with Gasteiger partial charge in [0.05, 0.1) is 29.7 Å². The van der Waals surface area contributed by atoms with Gasteiger partial charge in [-0.3, -0.25) is 14.5 Å². The molecule has 1 aliphatic carbocycles. The Morgan fingerprint density at radius 1 is 1.11 bits per heavy atom. The molecule has 1 aromatic heterocycles. The number of carboxylic acids is 1. The zero-order chi connectivity index (χ0) is 27.0. The van der Waals surface area contributed by atoms with Crippen LogP contribution in [0.2, 0.25) is 0 Å². The highest BCUT2D eigenvalue weighted by Gasteiger charge is 2.36. The van der Waals surface area contributed by atoms with Gasteiger partial charge >= 0.3 is 12.1 Å². The van der Waals surface area contributed by atoms with E-state index in [2.05, 4.69) is 9.88 Å². The Morgan fingerprint density at radius 2 is 1.87 bits per heavy atom. The van der Waals surface area contributed by atoms with Crippen molar-refractivity contribution in [2.45, 2.75) is 70.5 Å². The van der Waals surface area contributed by atoms with Gasteiger partial charge in [0.15, 0.2) is 0 Å². The smallest absolute Gasteiger partial charge is 0.414 e. The lowest BCUT2D eigenvalue weighted by molar-refractivity contribution is -0.143. The summed E-state index contributed by atoms with van der Waals surface area (Å²) < 4.78 is 7.24. The van der Waals surface area contributed by atoms with Crippen molar-refractivity contribution in [3.63, 3.8) is 0 Å². The number of fused-ring (bicyclic) bond motifs is 3. The van der Waals surface area contributed by atoms with Crippen LogP contribution in [0.25, 0.3) is 11.0 Å². The molecule has 1 unspecified atom stereocenters. The molecule has 9 heteroatoms. The Kier molecular flexibility index (Phi) is 7.10. The molecular formula is C29H34N4O5. The van der Waals surface area contributed by atoms with Crippen LogP contribution >= 0.6 is 0 Å². The lowest BCUT2D eigenvalue weighted by Crippen LogP contribution is -2.42. The molecule has 0 radical (unpaired) electrons. The highest BCUT2D eigenvalue weighted by Crippen LogP contribution is 2.42. The van der Waals surface area contributed by atoms with Crippen molar-refractivity contribution in [1.29, 1.82) is 0 Å². The molecule has 9 nitrogen and oxygen atoms in total. The van der Waals surface area contributed by atoms with Crippen molar-refractivity contribution in [1.82, 2.24) is 14.9 Å². The molecule has 2 aromatic carbocycles. The molecule has 2 aliphatic rings. The van der Waals surface area contributed by atoms with Crippen LogP contribution in [0.1, 0.15) is 75.0 Å². The maximum Gasteiger partial charge on any atom is 0.414 e. The van der Waals surface area contributed by atoms with Crippen LogP contribution in [0.4, 0.5) is 10.5 Å². The number of methoxy groups -OCH3 is 1. The third kappa shape index (κ3) is 4.61. The van der Waals surface area contributed by atoms with Crippen molar-refractivity contribution in [2.24, 2.45) is 5.92 Å². The molecule has 38 heavy (non-hydrogen) atoms. The fourth-order valence-corrected chi connectivity index (χ4v) is 6.15. The highest BCUT2D eigenvalue weighted by molar-refractivity contribution is 5.95. The lowest BCUT2D eigenvalue weighted by atomic mass is 9.85.